The number of carbonyl (C=O) groups is 2. The molecule has 0 spiro atoms. The van der Waals surface area contributed by atoms with E-state index < -0.39 is 51.7 Å². The highest BCUT2D eigenvalue weighted by atomic mass is 32.2. The quantitative estimate of drug-likeness (QED) is 0.185. The summed E-state index contributed by atoms with van der Waals surface area (Å²) in [6, 6.07) is 19.9. The summed E-state index contributed by atoms with van der Waals surface area (Å²) in [4.78, 5) is 28.6. The highest BCUT2D eigenvalue weighted by Crippen LogP contribution is 2.31. The van der Waals surface area contributed by atoms with E-state index in [1.165, 1.54) is 17.0 Å². The van der Waals surface area contributed by atoms with Crippen molar-refractivity contribution in [2.75, 3.05) is 6.54 Å². The molecule has 2 amide bonds. The van der Waals surface area contributed by atoms with Crippen molar-refractivity contribution in [2.45, 2.75) is 37.4 Å². The van der Waals surface area contributed by atoms with E-state index in [1.54, 1.807) is 54.6 Å². The number of nitrogens with zero attached hydrogens (tertiary/aromatic N) is 1. The minimum atomic E-state index is -4.31. The maximum atomic E-state index is 14.2. The molecule has 1 heterocycles. The fourth-order valence-corrected chi connectivity index (χ4v) is 5.60. The summed E-state index contributed by atoms with van der Waals surface area (Å²) < 4.78 is 41.1. The minimum Gasteiger partial charge on any atom is -0.384 e. The molecule has 1 saturated heterocycles. The van der Waals surface area contributed by atoms with Gasteiger partial charge in [-0.25, -0.2) is 9.53 Å². The molecule has 210 valence electrons. The van der Waals surface area contributed by atoms with Gasteiger partial charge in [0.25, 0.3) is 10.2 Å². The van der Waals surface area contributed by atoms with Gasteiger partial charge in [-0.1, -0.05) is 66.7 Å². The number of nitrogen functional groups attached to an aromatic ring is 1. The van der Waals surface area contributed by atoms with E-state index in [0.29, 0.717) is 29.5 Å². The van der Waals surface area contributed by atoms with Gasteiger partial charge in [-0.2, -0.15) is 13.1 Å². The van der Waals surface area contributed by atoms with Crippen LogP contribution in [0.25, 0.3) is 0 Å². The summed E-state index contributed by atoms with van der Waals surface area (Å²) in [6.07, 6.45) is 0.911. The van der Waals surface area contributed by atoms with E-state index in [0.717, 1.165) is 0 Å². The number of halogens is 1. The van der Waals surface area contributed by atoms with Crippen molar-refractivity contribution in [3.63, 3.8) is 0 Å². The van der Waals surface area contributed by atoms with Crippen molar-refractivity contribution >= 4 is 27.9 Å². The molecule has 3 aromatic carbocycles. The molecule has 10 nitrogen and oxygen atoms in total. The van der Waals surface area contributed by atoms with Crippen LogP contribution < -0.4 is 20.9 Å². The van der Waals surface area contributed by atoms with Gasteiger partial charge >= 0.3 is 0 Å². The van der Waals surface area contributed by atoms with Crippen LogP contribution in [0.15, 0.2) is 78.9 Å². The summed E-state index contributed by atoms with van der Waals surface area (Å²) in [5, 5.41) is 15.5. The first-order valence-corrected chi connectivity index (χ1v) is 14.2. The number of hydrogen-bond acceptors (Lipinski definition) is 5. The molecule has 0 aliphatic carbocycles. The third-order valence-electron chi connectivity index (χ3n) is 6.84. The number of amides is 2. The van der Waals surface area contributed by atoms with Crippen molar-refractivity contribution in [3.05, 3.63) is 107 Å². The molecular formula is C28H31FN6O4S. The van der Waals surface area contributed by atoms with Gasteiger partial charge in [0.15, 0.2) is 0 Å². The van der Waals surface area contributed by atoms with Crippen LogP contribution in [0.1, 0.15) is 41.0 Å². The van der Waals surface area contributed by atoms with Gasteiger partial charge in [-0.3, -0.25) is 15.0 Å². The molecule has 1 fully saturated rings. The molecule has 0 unspecified atom stereocenters. The smallest absolute Gasteiger partial charge is 0.275 e. The summed E-state index contributed by atoms with van der Waals surface area (Å²) in [7, 11) is -4.31. The second-order valence-corrected chi connectivity index (χ2v) is 10.9. The predicted octanol–water partition coefficient (Wildman–Crippen LogP) is 1.71. The summed E-state index contributed by atoms with van der Waals surface area (Å²) in [5.41, 5.74) is 7.16. The number of nitrogens with two attached hydrogens (primary N) is 2. The van der Waals surface area contributed by atoms with E-state index >= 15 is 0 Å². The van der Waals surface area contributed by atoms with Crippen LogP contribution >= 0.6 is 0 Å². The highest BCUT2D eigenvalue weighted by Gasteiger charge is 2.42. The molecule has 40 heavy (non-hydrogen) atoms. The van der Waals surface area contributed by atoms with Crippen LogP contribution in [-0.2, 0) is 26.3 Å². The molecule has 2 atom stereocenters. The van der Waals surface area contributed by atoms with Crippen molar-refractivity contribution in [1.29, 1.82) is 5.41 Å². The molecule has 0 saturated carbocycles. The molecule has 1 aliphatic heterocycles. The molecular weight excluding hydrogens is 535 g/mol. The zero-order chi connectivity index (χ0) is 28.9. The van der Waals surface area contributed by atoms with Crippen LogP contribution in [0, 0.1) is 11.2 Å². The van der Waals surface area contributed by atoms with E-state index in [1.807, 2.05) is 12.1 Å². The number of rotatable bonds is 10. The number of amidine groups is 1. The lowest BCUT2D eigenvalue weighted by Crippen LogP contribution is -2.56. The van der Waals surface area contributed by atoms with Gasteiger partial charge in [0, 0.05) is 19.0 Å². The average molecular weight is 567 g/mol. The Morgan fingerprint density at radius 2 is 1.62 bits per heavy atom. The molecule has 0 radical (unpaired) electrons. The fourth-order valence-electron chi connectivity index (χ4n) is 5.01. The van der Waals surface area contributed by atoms with E-state index in [2.05, 4.69) is 10.0 Å². The monoisotopic (exact) mass is 566 g/mol. The largest absolute Gasteiger partial charge is 0.384 e. The van der Waals surface area contributed by atoms with Crippen LogP contribution in [0.4, 0.5) is 4.39 Å². The van der Waals surface area contributed by atoms with E-state index in [4.69, 9.17) is 16.3 Å². The van der Waals surface area contributed by atoms with Gasteiger partial charge in [-0.15, -0.1) is 0 Å². The molecule has 1 aliphatic rings. The molecule has 0 bridgehead atoms. The number of nitrogens with one attached hydrogen (secondary N) is 3. The van der Waals surface area contributed by atoms with Crippen LogP contribution in [0.5, 0.6) is 0 Å². The first-order valence-electron chi connectivity index (χ1n) is 12.7. The fraction of sp³-hybridized carbons (Fsp3) is 0.250. The SMILES string of the molecule is N=C(N)c1ccc(CNC(=O)[C@@H]2CCCN2C(=O)[C@H](NS(N)(=O)=O)C(c2ccccc2)c2ccccc2)cc1F. The molecule has 4 rings (SSSR count). The lowest BCUT2D eigenvalue weighted by molar-refractivity contribution is -0.140. The molecule has 7 N–H and O–H groups in total. The molecule has 0 aromatic heterocycles. The lowest BCUT2D eigenvalue weighted by Gasteiger charge is -2.33. The van der Waals surface area contributed by atoms with Crippen LogP contribution in [0.3, 0.4) is 0 Å². The molecule has 12 heteroatoms. The van der Waals surface area contributed by atoms with Crippen LogP contribution in [0.2, 0.25) is 0 Å². The summed E-state index contributed by atoms with van der Waals surface area (Å²) >= 11 is 0. The topological polar surface area (TPSA) is 171 Å². The third-order valence-corrected chi connectivity index (χ3v) is 7.42. The number of carbonyl (C=O) groups excluding carboxylic acids is 2. The van der Waals surface area contributed by atoms with Crippen molar-refractivity contribution < 1.29 is 22.4 Å². The Balaban J connectivity index is 1.59. The average Bonchev–Trinajstić information content (AvgIpc) is 3.41. The van der Waals surface area contributed by atoms with Gasteiger partial charge < -0.3 is 16.0 Å². The Labute approximate surface area is 232 Å². The van der Waals surface area contributed by atoms with Gasteiger partial charge in [-0.05, 0) is 41.7 Å². The first-order chi connectivity index (χ1) is 19.0. The second kappa shape index (κ2) is 12.4. The third kappa shape index (κ3) is 6.89. The van der Waals surface area contributed by atoms with Gasteiger partial charge in [0.05, 0.1) is 5.56 Å². The maximum absolute atomic E-state index is 14.2. The second-order valence-electron chi connectivity index (χ2n) is 9.57. The van der Waals surface area contributed by atoms with E-state index in [-0.39, 0.29) is 18.7 Å². The highest BCUT2D eigenvalue weighted by molar-refractivity contribution is 7.87. The normalized spacial score (nSPS) is 16.1. The lowest BCUT2D eigenvalue weighted by atomic mass is 9.84. The maximum Gasteiger partial charge on any atom is 0.275 e. The Hall–Kier alpha value is -4.13. The van der Waals surface area contributed by atoms with Gasteiger partial charge in [0.2, 0.25) is 11.8 Å². The number of likely N-dealkylation sites (tertiary alicyclic amines) is 1. The van der Waals surface area contributed by atoms with E-state index in [9.17, 15) is 22.4 Å². The minimum absolute atomic E-state index is 0.0119. The standard InChI is InChI=1S/C28H31FN6O4S/c29-22-16-18(13-14-21(22)26(30)31)17-33-27(36)23-12-7-15-35(23)28(37)25(34-40(32,38)39)24(19-8-3-1-4-9-19)20-10-5-2-6-11-20/h1-6,8-11,13-14,16,23-25,34H,7,12,15,17H2,(H3,30,31)(H,33,36)(H2,32,38,39)/t23-,25+/m0/s1. The summed E-state index contributed by atoms with van der Waals surface area (Å²) in [6.45, 7) is 0.236. The Kier molecular flexibility index (Phi) is 8.93. The number of benzene rings is 3. The Bertz CT molecular complexity index is 1450. The van der Waals surface area contributed by atoms with Crippen LogP contribution in [-0.4, -0.2) is 49.6 Å². The summed E-state index contributed by atoms with van der Waals surface area (Å²) in [5.74, 6) is -2.84. The zero-order valence-corrected chi connectivity index (χ0v) is 22.4. The number of hydrogen-bond donors (Lipinski definition) is 5. The molecule has 3 aromatic rings. The first kappa shape index (κ1) is 28.9. The Morgan fingerprint density at radius 3 is 2.15 bits per heavy atom. The Morgan fingerprint density at radius 1 is 1.02 bits per heavy atom. The van der Waals surface area contributed by atoms with Gasteiger partial charge in [0.1, 0.15) is 23.7 Å². The van der Waals surface area contributed by atoms with Crippen molar-refractivity contribution in [3.8, 4) is 0 Å². The van der Waals surface area contributed by atoms with Crippen molar-refractivity contribution in [2.24, 2.45) is 10.9 Å². The zero-order valence-electron chi connectivity index (χ0n) is 21.6. The predicted molar refractivity (Wildman–Crippen MR) is 149 cm³/mol. The van der Waals surface area contributed by atoms with Crippen molar-refractivity contribution in [1.82, 2.24) is 14.9 Å².